The molecule has 1 N–H and O–H groups in total. The van der Waals surface area contributed by atoms with Crippen LogP contribution in [0, 0.1) is 23.2 Å². The molecular formula is C15H22O3. The van der Waals surface area contributed by atoms with E-state index < -0.39 is 0 Å². The SMILES string of the molecule is C=C[C@]1(C)CC[C@@H]2[C@H](OC(=O)[C@H]2C)[C@H]1C(=C)CO. The Hall–Kier alpha value is -1.09. The van der Waals surface area contributed by atoms with Crippen LogP contribution < -0.4 is 0 Å². The smallest absolute Gasteiger partial charge is 0.309 e. The van der Waals surface area contributed by atoms with E-state index in [1.54, 1.807) is 0 Å². The molecule has 1 aliphatic carbocycles. The molecule has 0 amide bonds. The van der Waals surface area contributed by atoms with Crippen LogP contribution in [0.5, 0.6) is 0 Å². The summed E-state index contributed by atoms with van der Waals surface area (Å²) in [6.07, 6.45) is 3.70. The summed E-state index contributed by atoms with van der Waals surface area (Å²) in [5, 5.41) is 9.39. The topological polar surface area (TPSA) is 46.5 Å². The van der Waals surface area contributed by atoms with Gasteiger partial charge >= 0.3 is 5.97 Å². The van der Waals surface area contributed by atoms with Crippen molar-refractivity contribution in [3.63, 3.8) is 0 Å². The average molecular weight is 250 g/mol. The van der Waals surface area contributed by atoms with Crippen LogP contribution in [0.2, 0.25) is 0 Å². The lowest BCUT2D eigenvalue weighted by Crippen LogP contribution is -2.45. The first-order valence-corrected chi connectivity index (χ1v) is 6.57. The molecular weight excluding hydrogens is 228 g/mol. The van der Waals surface area contributed by atoms with Gasteiger partial charge in [0, 0.05) is 11.8 Å². The van der Waals surface area contributed by atoms with Gasteiger partial charge in [-0.05, 0) is 23.8 Å². The summed E-state index contributed by atoms with van der Waals surface area (Å²) in [4.78, 5) is 11.8. The van der Waals surface area contributed by atoms with E-state index in [1.807, 2.05) is 13.0 Å². The van der Waals surface area contributed by atoms with Crippen molar-refractivity contribution < 1.29 is 14.6 Å². The van der Waals surface area contributed by atoms with Crippen LogP contribution in [-0.4, -0.2) is 23.8 Å². The van der Waals surface area contributed by atoms with Gasteiger partial charge in [-0.15, -0.1) is 6.58 Å². The molecule has 2 rings (SSSR count). The Balaban J connectivity index is 2.36. The molecule has 0 radical (unpaired) electrons. The van der Waals surface area contributed by atoms with Crippen molar-refractivity contribution in [3.05, 3.63) is 24.8 Å². The third-order valence-corrected chi connectivity index (χ3v) is 4.85. The van der Waals surface area contributed by atoms with Gasteiger partial charge in [0.15, 0.2) is 0 Å². The van der Waals surface area contributed by atoms with Gasteiger partial charge in [0.1, 0.15) is 6.10 Å². The van der Waals surface area contributed by atoms with Crippen molar-refractivity contribution in [2.45, 2.75) is 32.8 Å². The monoisotopic (exact) mass is 250 g/mol. The van der Waals surface area contributed by atoms with Gasteiger partial charge in [-0.25, -0.2) is 0 Å². The number of aliphatic hydroxyl groups excluding tert-OH is 1. The van der Waals surface area contributed by atoms with Crippen LogP contribution in [-0.2, 0) is 9.53 Å². The molecule has 2 aliphatic rings. The lowest BCUT2D eigenvalue weighted by atomic mass is 9.59. The number of carbonyl (C=O) groups is 1. The first-order valence-electron chi connectivity index (χ1n) is 6.57. The van der Waals surface area contributed by atoms with E-state index >= 15 is 0 Å². The number of esters is 1. The van der Waals surface area contributed by atoms with E-state index in [9.17, 15) is 9.90 Å². The summed E-state index contributed by atoms with van der Waals surface area (Å²) < 4.78 is 5.55. The molecule has 18 heavy (non-hydrogen) atoms. The molecule has 3 heteroatoms. The number of hydrogen-bond donors (Lipinski definition) is 1. The molecule has 0 bridgehead atoms. The second-order valence-corrected chi connectivity index (χ2v) is 5.90. The normalized spacial score (nSPS) is 43.2. The number of aliphatic hydroxyl groups is 1. The fourth-order valence-corrected chi connectivity index (χ4v) is 3.55. The highest BCUT2D eigenvalue weighted by molar-refractivity contribution is 5.75. The standard InChI is InChI=1S/C15H22O3/c1-5-15(4)7-6-11-10(3)14(17)18-13(11)12(15)9(2)8-16/h5,10-13,16H,1-2,6-8H2,3-4H3/t10-,11-,12+,13-,15+/m0/s1. The van der Waals surface area contributed by atoms with Gasteiger partial charge in [0.25, 0.3) is 0 Å². The summed E-state index contributed by atoms with van der Waals surface area (Å²) in [6, 6.07) is 0. The van der Waals surface area contributed by atoms with Gasteiger partial charge in [-0.2, -0.15) is 0 Å². The molecule has 2 fully saturated rings. The number of fused-ring (bicyclic) bond motifs is 1. The van der Waals surface area contributed by atoms with E-state index in [-0.39, 0.29) is 41.8 Å². The van der Waals surface area contributed by atoms with Gasteiger partial charge < -0.3 is 9.84 Å². The number of allylic oxidation sites excluding steroid dienone is 1. The highest BCUT2D eigenvalue weighted by Crippen LogP contribution is 2.52. The molecule has 1 saturated carbocycles. The highest BCUT2D eigenvalue weighted by Gasteiger charge is 2.54. The quantitative estimate of drug-likeness (QED) is 0.617. The van der Waals surface area contributed by atoms with Gasteiger partial charge in [-0.3, -0.25) is 4.79 Å². The summed E-state index contributed by atoms with van der Waals surface area (Å²) >= 11 is 0. The van der Waals surface area contributed by atoms with E-state index in [0.29, 0.717) is 0 Å². The van der Waals surface area contributed by atoms with Crippen LogP contribution in [0.3, 0.4) is 0 Å². The number of ether oxygens (including phenoxy) is 1. The Morgan fingerprint density at radius 3 is 2.89 bits per heavy atom. The minimum Gasteiger partial charge on any atom is -0.461 e. The number of hydrogen-bond acceptors (Lipinski definition) is 3. The molecule has 0 aromatic carbocycles. The zero-order valence-corrected chi connectivity index (χ0v) is 11.2. The van der Waals surface area contributed by atoms with Crippen molar-refractivity contribution in [3.8, 4) is 0 Å². The van der Waals surface area contributed by atoms with Crippen molar-refractivity contribution >= 4 is 5.97 Å². The van der Waals surface area contributed by atoms with Crippen molar-refractivity contribution in [2.24, 2.45) is 23.2 Å². The van der Waals surface area contributed by atoms with Crippen molar-refractivity contribution in [1.82, 2.24) is 0 Å². The molecule has 0 aromatic heterocycles. The Bertz CT molecular complexity index is 387. The number of carbonyl (C=O) groups excluding carboxylic acids is 1. The molecule has 1 saturated heterocycles. The van der Waals surface area contributed by atoms with Gasteiger partial charge in [-0.1, -0.05) is 26.5 Å². The van der Waals surface area contributed by atoms with Crippen LogP contribution in [0.1, 0.15) is 26.7 Å². The Morgan fingerprint density at radius 1 is 1.67 bits per heavy atom. The summed E-state index contributed by atoms with van der Waals surface area (Å²) in [6.45, 7) is 11.9. The van der Waals surface area contributed by atoms with Gasteiger partial charge in [0.05, 0.1) is 12.5 Å². The summed E-state index contributed by atoms with van der Waals surface area (Å²) in [5.74, 6) is 0.0684. The predicted molar refractivity (Wildman–Crippen MR) is 69.8 cm³/mol. The summed E-state index contributed by atoms with van der Waals surface area (Å²) in [5.41, 5.74) is 0.597. The Kier molecular flexibility index (Phi) is 3.37. The minimum absolute atomic E-state index is 0.0207. The minimum atomic E-state index is -0.149. The first kappa shape index (κ1) is 13.3. The molecule has 1 aliphatic heterocycles. The largest absolute Gasteiger partial charge is 0.461 e. The fourth-order valence-electron chi connectivity index (χ4n) is 3.55. The third kappa shape index (κ3) is 1.81. The molecule has 5 atom stereocenters. The molecule has 0 unspecified atom stereocenters. The molecule has 100 valence electrons. The van der Waals surface area contributed by atoms with E-state index in [1.165, 1.54) is 0 Å². The molecule has 1 heterocycles. The van der Waals surface area contributed by atoms with E-state index in [4.69, 9.17) is 4.74 Å². The maximum atomic E-state index is 11.8. The zero-order valence-electron chi connectivity index (χ0n) is 11.2. The number of rotatable bonds is 3. The Morgan fingerprint density at radius 2 is 2.33 bits per heavy atom. The fraction of sp³-hybridized carbons (Fsp3) is 0.667. The van der Waals surface area contributed by atoms with Crippen molar-refractivity contribution in [2.75, 3.05) is 6.61 Å². The molecule has 0 spiro atoms. The van der Waals surface area contributed by atoms with Crippen LogP contribution in [0.4, 0.5) is 0 Å². The molecule has 0 aromatic rings. The lowest BCUT2D eigenvalue weighted by molar-refractivity contribution is -0.146. The van der Waals surface area contributed by atoms with E-state index in [0.717, 1.165) is 18.4 Å². The lowest BCUT2D eigenvalue weighted by Gasteiger charge is -2.45. The highest BCUT2D eigenvalue weighted by atomic mass is 16.6. The summed E-state index contributed by atoms with van der Waals surface area (Å²) in [7, 11) is 0. The maximum Gasteiger partial charge on any atom is 0.309 e. The second-order valence-electron chi connectivity index (χ2n) is 5.90. The van der Waals surface area contributed by atoms with Gasteiger partial charge in [0.2, 0.25) is 0 Å². The second kappa shape index (κ2) is 4.54. The van der Waals surface area contributed by atoms with Crippen LogP contribution in [0.25, 0.3) is 0 Å². The Labute approximate surface area is 109 Å². The predicted octanol–water partition coefficient (Wildman–Crippen LogP) is 2.31. The molecule has 3 nitrogen and oxygen atoms in total. The van der Waals surface area contributed by atoms with E-state index in [2.05, 4.69) is 20.1 Å². The van der Waals surface area contributed by atoms with Crippen LogP contribution in [0.15, 0.2) is 24.8 Å². The third-order valence-electron chi connectivity index (χ3n) is 4.85. The van der Waals surface area contributed by atoms with Crippen LogP contribution >= 0.6 is 0 Å². The van der Waals surface area contributed by atoms with Crippen molar-refractivity contribution in [1.29, 1.82) is 0 Å². The first-order chi connectivity index (χ1) is 8.44. The average Bonchev–Trinajstić information content (AvgIpc) is 2.64. The maximum absolute atomic E-state index is 11.8. The zero-order chi connectivity index (χ0) is 13.5.